The van der Waals surface area contributed by atoms with E-state index in [1.807, 2.05) is 0 Å². The minimum absolute atomic E-state index is 0.0446. The molecule has 0 bridgehead atoms. The van der Waals surface area contributed by atoms with Crippen LogP contribution in [0.5, 0.6) is 0 Å². The van der Waals surface area contributed by atoms with Gasteiger partial charge in [-0.05, 0) is 6.07 Å². The Hall–Kier alpha value is -0.870. The molecule has 0 saturated heterocycles. The fourth-order valence-electron chi connectivity index (χ4n) is 0.896. The Kier molecular flexibility index (Phi) is 4.78. The topological polar surface area (TPSA) is 30.0 Å². The molecule has 0 unspecified atom stereocenters. The monoisotopic (exact) mass is 245 g/mol. The number of carbonyl (C=O) groups excluding carboxylic acids is 1. The van der Waals surface area contributed by atoms with Gasteiger partial charge >= 0.3 is 0 Å². The predicted octanol–water partition coefficient (Wildman–Crippen LogP) is 3.17. The van der Waals surface area contributed by atoms with Gasteiger partial charge in [0, 0.05) is 18.2 Å². The predicted molar refractivity (Wildman–Crippen MR) is 61.4 cm³/mol. The van der Waals surface area contributed by atoms with E-state index in [0.29, 0.717) is 11.3 Å². The molecule has 1 heterocycles. The molecule has 0 saturated carbocycles. The smallest absolute Gasteiger partial charge is 0.186 e. The lowest BCUT2D eigenvalue weighted by atomic mass is 10.2. The van der Waals surface area contributed by atoms with E-state index < -0.39 is 5.82 Å². The van der Waals surface area contributed by atoms with Crippen LogP contribution in [0, 0.1) is 5.82 Å². The summed E-state index contributed by atoms with van der Waals surface area (Å²) in [6, 6.07) is 1.30. The maximum atomic E-state index is 12.8. The number of carbonyl (C=O) groups is 1. The van der Waals surface area contributed by atoms with Gasteiger partial charge in [0.25, 0.3) is 0 Å². The molecule has 1 aromatic heterocycles. The summed E-state index contributed by atoms with van der Waals surface area (Å²) in [5, 5.41) is 0.295. The number of thioether (sulfide) groups is 1. The fourth-order valence-corrected chi connectivity index (χ4v) is 1.49. The summed E-state index contributed by atoms with van der Waals surface area (Å²) >= 11 is 6.91. The first-order chi connectivity index (χ1) is 7.09. The number of nitrogens with zero attached hydrogens (tertiary/aromatic N) is 1. The molecule has 0 aromatic carbocycles. The number of halogens is 2. The number of hydrogen-bond donors (Lipinski definition) is 0. The van der Waals surface area contributed by atoms with Crippen LogP contribution in [0.25, 0.3) is 6.08 Å². The van der Waals surface area contributed by atoms with E-state index in [1.54, 1.807) is 12.2 Å². The van der Waals surface area contributed by atoms with Crippen LogP contribution in [-0.4, -0.2) is 15.9 Å². The molecule has 0 fully saturated rings. The van der Waals surface area contributed by atoms with Gasteiger partial charge in [-0.15, -0.1) is 0 Å². The first-order valence-corrected chi connectivity index (χ1v) is 5.57. The van der Waals surface area contributed by atoms with Crippen LogP contribution in [0.15, 0.2) is 18.3 Å². The highest BCUT2D eigenvalue weighted by Crippen LogP contribution is 2.15. The van der Waals surface area contributed by atoms with Crippen LogP contribution in [0.1, 0.15) is 12.5 Å². The summed E-state index contributed by atoms with van der Waals surface area (Å²) < 4.78 is 12.8. The van der Waals surface area contributed by atoms with Crippen molar-refractivity contribution >= 4 is 34.6 Å². The van der Waals surface area contributed by atoms with Crippen LogP contribution < -0.4 is 0 Å². The zero-order valence-corrected chi connectivity index (χ0v) is 9.61. The van der Waals surface area contributed by atoms with Crippen LogP contribution in [0.3, 0.4) is 0 Å². The van der Waals surface area contributed by atoms with E-state index >= 15 is 0 Å². The molecule has 0 aliphatic heterocycles. The molecule has 1 aromatic rings. The summed E-state index contributed by atoms with van der Waals surface area (Å²) in [6.07, 6.45) is 4.45. The zero-order chi connectivity index (χ0) is 11.3. The molecular weight excluding hydrogens is 237 g/mol. The third kappa shape index (κ3) is 4.44. The van der Waals surface area contributed by atoms with Crippen LogP contribution in [0.2, 0.25) is 5.15 Å². The van der Waals surface area contributed by atoms with E-state index in [9.17, 15) is 9.18 Å². The van der Waals surface area contributed by atoms with E-state index in [1.165, 1.54) is 24.8 Å². The Bertz CT molecular complexity index is 395. The van der Waals surface area contributed by atoms with Gasteiger partial charge in [0.15, 0.2) is 5.12 Å². The van der Waals surface area contributed by atoms with Crippen molar-refractivity contribution in [2.24, 2.45) is 0 Å². The molecule has 0 aliphatic rings. The minimum Gasteiger partial charge on any atom is -0.288 e. The standard InChI is InChI=1S/C10H9ClFNOS/c1-7(14)15-4-2-3-8-5-9(12)6-13-10(8)11/h2-3,5-6H,4H2,1H3. The van der Waals surface area contributed by atoms with Gasteiger partial charge in [-0.3, -0.25) is 4.79 Å². The van der Waals surface area contributed by atoms with Gasteiger partial charge in [0.1, 0.15) is 11.0 Å². The van der Waals surface area contributed by atoms with Crippen LogP contribution in [0.4, 0.5) is 4.39 Å². The Morgan fingerprint density at radius 2 is 2.47 bits per heavy atom. The van der Waals surface area contributed by atoms with Gasteiger partial charge in [0.2, 0.25) is 0 Å². The highest BCUT2D eigenvalue weighted by atomic mass is 35.5. The average molecular weight is 246 g/mol. The average Bonchev–Trinajstić information content (AvgIpc) is 2.17. The molecule has 0 atom stereocenters. The Labute approximate surface area is 96.5 Å². The number of pyridine rings is 1. The van der Waals surface area contributed by atoms with Crippen molar-refractivity contribution in [2.45, 2.75) is 6.92 Å². The number of rotatable bonds is 3. The molecule has 0 spiro atoms. The third-order valence-electron chi connectivity index (χ3n) is 1.51. The van der Waals surface area contributed by atoms with Gasteiger partial charge in [0.05, 0.1) is 6.20 Å². The number of aromatic nitrogens is 1. The fraction of sp³-hybridized carbons (Fsp3) is 0.200. The molecule has 0 aliphatic carbocycles. The minimum atomic E-state index is -0.432. The second-order valence-electron chi connectivity index (χ2n) is 2.74. The second kappa shape index (κ2) is 5.88. The van der Waals surface area contributed by atoms with Gasteiger partial charge in [-0.1, -0.05) is 35.5 Å². The molecule has 0 radical (unpaired) electrons. The second-order valence-corrected chi connectivity index (χ2v) is 4.29. The summed E-state index contributed by atoms with van der Waals surface area (Å²) in [5.41, 5.74) is 0.515. The Morgan fingerprint density at radius 1 is 1.73 bits per heavy atom. The van der Waals surface area contributed by atoms with Gasteiger partial charge in [-0.25, -0.2) is 9.37 Å². The Balaban J connectivity index is 2.63. The normalized spacial score (nSPS) is 10.9. The van der Waals surface area contributed by atoms with Crippen molar-refractivity contribution in [2.75, 3.05) is 5.75 Å². The molecular formula is C10H9ClFNOS. The first kappa shape index (κ1) is 12.2. The van der Waals surface area contributed by atoms with E-state index in [-0.39, 0.29) is 10.3 Å². The lowest BCUT2D eigenvalue weighted by Gasteiger charge is -1.96. The SMILES string of the molecule is CC(=O)SCC=Cc1cc(F)cnc1Cl. The molecule has 2 nitrogen and oxygen atoms in total. The first-order valence-electron chi connectivity index (χ1n) is 4.20. The maximum Gasteiger partial charge on any atom is 0.186 e. The van der Waals surface area contributed by atoms with E-state index in [2.05, 4.69) is 4.98 Å². The largest absolute Gasteiger partial charge is 0.288 e. The van der Waals surface area contributed by atoms with Crippen molar-refractivity contribution in [3.8, 4) is 0 Å². The summed E-state index contributed by atoms with van der Waals surface area (Å²) in [6.45, 7) is 1.50. The zero-order valence-electron chi connectivity index (χ0n) is 8.04. The van der Waals surface area contributed by atoms with Gasteiger partial charge < -0.3 is 0 Å². The Morgan fingerprint density at radius 3 is 3.13 bits per heavy atom. The highest BCUT2D eigenvalue weighted by molar-refractivity contribution is 8.13. The highest BCUT2D eigenvalue weighted by Gasteiger charge is 1.99. The molecule has 1 rings (SSSR count). The van der Waals surface area contributed by atoms with Crippen molar-refractivity contribution in [1.29, 1.82) is 0 Å². The summed E-state index contributed by atoms with van der Waals surface area (Å²) in [4.78, 5) is 14.3. The lowest BCUT2D eigenvalue weighted by Crippen LogP contribution is -1.85. The molecule has 80 valence electrons. The van der Waals surface area contributed by atoms with Crippen molar-refractivity contribution in [3.05, 3.63) is 34.9 Å². The molecule has 0 amide bonds. The molecule has 15 heavy (non-hydrogen) atoms. The van der Waals surface area contributed by atoms with Crippen LogP contribution >= 0.6 is 23.4 Å². The van der Waals surface area contributed by atoms with E-state index in [4.69, 9.17) is 11.6 Å². The summed E-state index contributed by atoms with van der Waals surface area (Å²) in [7, 11) is 0. The quantitative estimate of drug-likeness (QED) is 0.767. The van der Waals surface area contributed by atoms with Gasteiger partial charge in [-0.2, -0.15) is 0 Å². The number of hydrogen-bond acceptors (Lipinski definition) is 3. The lowest BCUT2D eigenvalue weighted by molar-refractivity contribution is -0.109. The van der Waals surface area contributed by atoms with Crippen molar-refractivity contribution in [3.63, 3.8) is 0 Å². The van der Waals surface area contributed by atoms with Crippen LogP contribution in [-0.2, 0) is 4.79 Å². The van der Waals surface area contributed by atoms with Crippen molar-refractivity contribution in [1.82, 2.24) is 4.98 Å². The molecule has 5 heteroatoms. The third-order valence-corrected chi connectivity index (χ3v) is 2.59. The van der Waals surface area contributed by atoms with Crippen molar-refractivity contribution < 1.29 is 9.18 Å². The summed E-state index contributed by atoms with van der Waals surface area (Å²) in [5.74, 6) is 0.112. The maximum absolute atomic E-state index is 12.8. The van der Waals surface area contributed by atoms with E-state index in [0.717, 1.165) is 6.20 Å². The molecule has 0 N–H and O–H groups in total.